The Morgan fingerprint density at radius 2 is 1.41 bits per heavy atom. The average molecular weight is 972 g/mol. The van der Waals surface area contributed by atoms with Gasteiger partial charge in [-0.15, -0.1) is 34.8 Å². The molecule has 0 aliphatic carbocycles. The van der Waals surface area contributed by atoms with Crippen LogP contribution in [-0.4, -0.2) is 19.1 Å². The average Bonchev–Trinajstić information content (AvgIpc) is 3.98. The van der Waals surface area contributed by atoms with Crippen LogP contribution in [0.3, 0.4) is 0 Å². The van der Waals surface area contributed by atoms with Gasteiger partial charge in [-0.25, -0.2) is 9.97 Å². The molecule has 0 atom stereocenters. The molecule has 298 valence electrons. The van der Waals surface area contributed by atoms with Gasteiger partial charge >= 0.3 is 21.1 Å². The molecule has 11 aromatic rings. The van der Waals surface area contributed by atoms with Crippen LogP contribution in [0.25, 0.3) is 99.8 Å². The van der Waals surface area contributed by atoms with Crippen LogP contribution in [-0.2, 0) is 21.1 Å². The molecule has 0 saturated carbocycles. The first-order valence-corrected chi connectivity index (χ1v) is 20.7. The number of benzene rings is 7. The Morgan fingerprint density at radius 1 is 0.639 bits per heavy atom. The summed E-state index contributed by atoms with van der Waals surface area (Å²) in [6.45, 7) is 6.76. The van der Waals surface area contributed by atoms with E-state index in [9.17, 15) is 0 Å². The van der Waals surface area contributed by atoms with Gasteiger partial charge in [-0.1, -0.05) is 142 Å². The molecule has 0 radical (unpaired) electrons. The van der Waals surface area contributed by atoms with E-state index in [1.807, 2.05) is 72.9 Å². The molecule has 0 saturated heterocycles. The summed E-state index contributed by atoms with van der Waals surface area (Å²) in [5.74, 6) is 2.23. The van der Waals surface area contributed by atoms with E-state index in [0.29, 0.717) is 28.6 Å². The monoisotopic (exact) mass is 971 g/mol. The summed E-state index contributed by atoms with van der Waals surface area (Å²) in [6.07, 6.45) is 1.84. The zero-order chi connectivity index (χ0) is 43.1. The number of hydrogen-bond acceptors (Lipinski definition) is 2. The van der Waals surface area contributed by atoms with Crippen molar-refractivity contribution in [1.82, 2.24) is 24.1 Å². The molecule has 4 aromatic heterocycles. The molecular weight excluding hydrogens is 926 g/mol. The third kappa shape index (κ3) is 6.17. The number of hydrogen-bond donors (Lipinski definition) is 0. The second-order valence-electron chi connectivity index (χ2n) is 16.3. The van der Waals surface area contributed by atoms with Crippen LogP contribution >= 0.6 is 0 Å². The number of imidazole rings is 1. The molecule has 4 heterocycles. The Bertz CT molecular complexity index is 3540. The molecule has 5 nitrogen and oxygen atoms in total. The van der Waals surface area contributed by atoms with Gasteiger partial charge in [0.2, 0.25) is 0 Å². The van der Waals surface area contributed by atoms with Crippen LogP contribution in [0.2, 0.25) is 0 Å². The number of nitrogens with zero attached hydrogens (tertiary/aromatic N) is 5. The van der Waals surface area contributed by atoms with Gasteiger partial charge in [-0.3, -0.25) is 4.57 Å². The normalized spacial score (nSPS) is 12.8. The Kier molecular flexibility index (Phi) is 8.76. The summed E-state index contributed by atoms with van der Waals surface area (Å²) in [6, 6.07) is 55.7. The molecule has 0 unspecified atom stereocenters. The van der Waals surface area contributed by atoms with Gasteiger partial charge < -0.3 is 9.55 Å². The van der Waals surface area contributed by atoms with Crippen molar-refractivity contribution in [3.8, 4) is 45.1 Å². The van der Waals surface area contributed by atoms with E-state index < -0.39 is 6.85 Å². The Morgan fingerprint density at radius 3 is 2.18 bits per heavy atom. The van der Waals surface area contributed by atoms with Gasteiger partial charge in [-0.05, 0) is 105 Å². The van der Waals surface area contributed by atoms with E-state index >= 15 is 0 Å². The molecule has 11 rings (SSSR count). The zero-order valence-electron chi connectivity index (χ0n) is 37.2. The van der Waals surface area contributed by atoms with Crippen LogP contribution in [0.1, 0.15) is 60.3 Å². The zero-order valence-corrected chi connectivity index (χ0v) is 36.5. The van der Waals surface area contributed by atoms with Crippen LogP contribution in [0, 0.1) is 12.9 Å². The first-order chi connectivity index (χ1) is 30.6. The summed E-state index contributed by atoms with van der Waals surface area (Å²) in [7, 11) is 0. The van der Waals surface area contributed by atoms with Gasteiger partial charge in [0, 0.05) is 27.1 Å². The molecule has 7 aromatic carbocycles. The molecule has 0 spiro atoms. The smallest absolute Gasteiger partial charge is 0.656 e. The van der Waals surface area contributed by atoms with Crippen molar-refractivity contribution in [3.05, 3.63) is 181 Å². The first-order valence-electron chi connectivity index (χ1n) is 22.2. The van der Waals surface area contributed by atoms with Gasteiger partial charge in [0.05, 0.1) is 11.0 Å². The number of aromatic nitrogens is 5. The van der Waals surface area contributed by atoms with E-state index in [1.54, 1.807) is 6.07 Å². The second-order valence-corrected chi connectivity index (χ2v) is 16.3. The third-order valence-electron chi connectivity index (χ3n) is 12.0. The molecule has 0 aliphatic rings. The summed E-state index contributed by atoms with van der Waals surface area (Å²) >= 11 is 0. The number of aryl methyl sites for hydroxylation is 1. The molecule has 0 N–H and O–H groups in total. The Balaban J connectivity index is 0.00000484. The van der Waals surface area contributed by atoms with Gasteiger partial charge in [0.1, 0.15) is 11.6 Å². The van der Waals surface area contributed by atoms with E-state index in [1.165, 1.54) is 22.3 Å². The summed E-state index contributed by atoms with van der Waals surface area (Å²) in [4.78, 5) is 15.4. The summed E-state index contributed by atoms with van der Waals surface area (Å²) in [5, 5.41) is 3.67. The van der Waals surface area contributed by atoms with Crippen LogP contribution in [0.5, 0.6) is 0 Å². The van der Waals surface area contributed by atoms with Crippen molar-refractivity contribution in [1.29, 1.82) is 0 Å². The molecule has 0 aliphatic heterocycles. The van der Waals surface area contributed by atoms with E-state index in [-0.39, 0.29) is 26.6 Å². The SMILES string of the molecule is [2H]C([2H])([2H])c1ccc(-c2nc3c(-c4[c-]c5c(cc4)c4cc(-c6c(C(C)C)cccc6C(C)C)ccc4n5-c4ccccn4)cccc3n2-c2ccccc2)c2[n-]c3ccccc3c12.[Pt+2]. The van der Waals surface area contributed by atoms with Crippen LogP contribution < -0.4 is 4.98 Å². The second kappa shape index (κ2) is 15.2. The minimum atomic E-state index is -2.33. The van der Waals surface area contributed by atoms with E-state index in [4.69, 9.17) is 19.1 Å². The van der Waals surface area contributed by atoms with Crippen molar-refractivity contribution in [3.63, 3.8) is 0 Å². The fourth-order valence-electron chi connectivity index (χ4n) is 9.26. The van der Waals surface area contributed by atoms with Crippen LogP contribution in [0.4, 0.5) is 0 Å². The molecule has 0 fully saturated rings. The van der Waals surface area contributed by atoms with Crippen LogP contribution in [0.15, 0.2) is 158 Å². The van der Waals surface area contributed by atoms with Crippen molar-refractivity contribution in [2.45, 2.75) is 46.4 Å². The van der Waals surface area contributed by atoms with E-state index in [0.717, 1.165) is 71.9 Å². The number of para-hydroxylation sites is 3. The fourth-order valence-corrected chi connectivity index (χ4v) is 9.26. The standard InChI is InChI=1S/C55H43N5.Pt/c1-33(2)39-18-13-19-40(34(3)4)52(39)37-26-29-47-45(31-37)42-28-25-36(32-49(42)60(47)50-23-11-12-30-56-50)41-20-14-22-48-53(41)58-55(59(48)38-15-7-6-8-16-38)44-27-24-35(5)51-43-17-9-10-21-46(43)57-54(44)51;/h6-31,33-34H,1-5H3;/q-2;+2/i5D3;. The predicted molar refractivity (Wildman–Crippen MR) is 250 cm³/mol. The molecular formula is C55H43N5Pt. The maximum Gasteiger partial charge on any atom is 2.00 e. The summed E-state index contributed by atoms with van der Waals surface area (Å²) in [5.41, 5.74) is 14.0. The van der Waals surface area contributed by atoms with Crippen molar-refractivity contribution >= 4 is 54.6 Å². The molecule has 0 bridgehead atoms. The molecule has 6 heteroatoms. The van der Waals surface area contributed by atoms with Crippen molar-refractivity contribution < 1.29 is 25.2 Å². The van der Waals surface area contributed by atoms with Gasteiger partial charge in [-0.2, -0.15) is 0 Å². The van der Waals surface area contributed by atoms with Crippen molar-refractivity contribution in [2.24, 2.45) is 0 Å². The van der Waals surface area contributed by atoms with Gasteiger partial charge in [0.15, 0.2) is 0 Å². The van der Waals surface area contributed by atoms with E-state index in [2.05, 4.69) is 122 Å². The molecule has 0 amide bonds. The fraction of sp³-hybridized carbons (Fsp3) is 0.127. The largest absolute Gasteiger partial charge is 2.00 e. The third-order valence-corrected chi connectivity index (χ3v) is 12.0. The minimum Gasteiger partial charge on any atom is -0.656 e. The van der Waals surface area contributed by atoms with Crippen molar-refractivity contribution in [2.75, 3.05) is 0 Å². The summed E-state index contributed by atoms with van der Waals surface area (Å²) < 4.78 is 29.8. The first kappa shape index (κ1) is 35.2. The molecule has 61 heavy (non-hydrogen) atoms. The number of rotatable bonds is 7. The maximum atomic E-state index is 8.47. The maximum absolute atomic E-state index is 8.47. The van der Waals surface area contributed by atoms with Gasteiger partial charge in [0.25, 0.3) is 0 Å². The minimum absolute atomic E-state index is 0. The predicted octanol–water partition coefficient (Wildman–Crippen LogP) is 14.1. The quantitative estimate of drug-likeness (QED) is 0.150. The Hall–Kier alpha value is -6.55. The Labute approximate surface area is 374 Å². The number of fused-ring (bicyclic) bond motifs is 7. The number of pyridine rings is 1. The topological polar surface area (TPSA) is 49.7 Å².